The molecular weight excluding hydrogens is 889 g/mol. The first-order valence-electron chi connectivity index (χ1n) is 23.5. The number of esters is 1. The third-order valence-corrected chi connectivity index (χ3v) is 11.9. The molecule has 0 saturated carbocycles. The van der Waals surface area contributed by atoms with Gasteiger partial charge in [-0.2, -0.15) is 0 Å². The standard InChI is InChI=1S/C49H80N2O17/c1-5-6-7-8-9-10-11-12-13-14-15-16-17-18-38(67-48-46(62)44(50)45(61)33(4)66-48)26-42-39(47(63)51-34(29-53)30-54)21-22-49(64,68-42)27-37(57)24-41(59)40(58)20-19-35(55)23-36(56)25-43(60)65-32(3)31(2)28-52/h5-18,31-42,44-46,48,52-59,61-62,64H,19-30,50H2,1-4H3,(H,51,63)/b6-5+,8-7+,10-9+,12-11+,14-13+,16-15+,18-17+/t31-,32+,33?,35-,36-,37+,38?,39?,40-,41-,42+,44?,45?,46?,48?,49+/m1/s1. The summed E-state index contributed by atoms with van der Waals surface area (Å²) < 4.78 is 23.4. The van der Waals surface area contributed by atoms with Crippen molar-refractivity contribution in [3.63, 3.8) is 0 Å². The van der Waals surface area contributed by atoms with Gasteiger partial charge in [-0.1, -0.05) is 92.0 Å². The molecule has 1 amide bonds. The molecule has 14 N–H and O–H groups in total. The molecule has 2 rings (SSSR count). The first kappa shape index (κ1) is 60.6. The van der Waals surface area contributed by atoms with Crippen molar-refractivity contribution in [2.45, 2.75) is 177 Å². The molecule has 0 spiro atoms. The van der Waals surface area contributed by atoms with Crippen LogP contribution in [0.25, 0.3) is 0 Å². The fourth-order valence-corrected chi connectivity index (χ4v) is 7.48. The second-order valence-electron chi connectivity index (χ2n) is 17.7. The van der Waals surface area contributed by atoms with Crippen LogP contribution >= 0.6 is 0 Å². The zero-order chi connectivity index (χ0) is 50.8. The molecule has 2 fully saturated rings. The lowest BCUT2D eigenvalue weighted by Gasteiger charge is -2.44. The van der Waals surface area contributed by atoms with Crippen molar-refractivity contribution in [3.8, 4) is 0 Å². The Hall–Kier alpha value is -3.48. The third-order valence-electron chi connectivity index (χ3n) is 11.9. The molecular formula is C49H80N2O17. The molecule has 2 heterocycles. The predicted octanol–water partition coefficient (Wildman–Crippen LogP) is 0.127. The van der Waals surface area contributed by atoms with Crippen LogP contribution in [-0.4, -0.2) is 179 Å². The Morgan fingerprint density at radius 1 is 0.794 bits per heavy atom. The second kappa shape index (κ2) is 32.4. The van der Waals surface area contributed by atoms with Crippen molar-refractivity contribution in [2.24, 2.45) is 17.6 Å². The van der Waals surface area contributed by atoms with Crippen LogP contribution in [0.4, 0.5) is 0 Å². The van der Waals surface area contributed by atoms with Crippen molar-refractivity contribution in [3.05, 3.63) is 85.1 Å². The maximum Gasteiger partial charge on any atom is 0.308 e. The average molecular weight is 969 g/mol. The second-order valence-corrected chi connectivity index (χ2v) is 17.7. The Balaban J connectivity index is 2.21. The first-order valence-corrected chi connectivity index (χ1v) is 23.5. The van der Waals surface area contributed by atoms with Gasteiger partial charge in [-0.3, -0.25) is 9.59 Å². The summed E-state index contributed by atoms with van der Waals surface area (Å²) in [5.41, 5.74) is 6.08. The van der Waals surface area contributed by atoms with E-state index in [0.29, 0.717) is 0 Å². The van der Waals surface area contributed by atoms with Gasteiger partial charge in [-0.05, 0) is 46.5 Å². The number of hydrogen-bond acceptors (Lipinski definition) is 18. The summed E-state index contributed by atoms with van der Waals surface area (Å²) in [7, 11) is 0. The van der Waals surface area contributed by atoms with Gasteiger partial charge in [-0.25, -0.2) is 0 Å². The number of carbonyl (C=O) groups is 2. The highest BCUT2D eigenvalue weighted by atomic mass is 16.7. The molecule has 0 aromatic heterocycles. The minimum absolute atomic E-state index is 0.0106. The number of hydrogen-bond donors (Lipinski definition) is 13. The van der Waals surface area contributed by atoms with Crippen LogP contribution in [0, 0.1) is 11.8 Å². The van der Waals surface area contributed by atoms with E-state index in [9.17, 15) is 65.8 Å². The number of carbonyl (C=O) groups excluding carboxylic acids is 2. The number of nitrogens with one attached hydrogen (secondary N) is 1. The molecule has 19 nitrogen and oxygen atoms in total. The molecule has 0 aromatic carbocycles. The van der Waals surface area contributed by atoms with E-state index in [-0.39, 0.29) is 51.0 Å². The molecule has 388 valence electrons. The van der Waals surface area contributed by atoms with Gasteiger partial charge in [-0.15, -0.1) is 0 Å². The normalized spacial score (nSPS) is 28.9. The molecule has 2 aliphatic rings. The largest absolute Gasteiger partial charge is 0.462 e. The monoisotopic (exact) mass is 969 g/mol. The van der Waals surface area contributed by atoms with E-state index in [0.717, 1.165) is 0 Å². The van der Waals surface area contributed by atoms with Crippen molar-refractivity contribution in [2.75, 3.05) is 19.8 Å². The molecule has 2 saturated heterocycles. The Kier molecular flexibility index (Phi) is 28.9. The summed E-state index contributed by atoms with van der Waals surface area (Å²) in [6, 6.07) is -2.12. The maximum absolute atomic E-state index is 13.6. The minimum Gasteiger partial charge on any atom is -0.462 e. The molecule has 0 radical (unpaired) electrons. The third kappa shape index (κ3) is 22.5. The lowest BCUT2D eigenvalue weighted by Crippen LogP contribution is -2.61. The summed E-state index contributed by atoms with van der Waals surface area (Å²) in [6.07, 6.45) is 8.90. The van der Waals surface area contributed by atoms with Crippen LogP contribution in [0.5, 0.6) is 0 Å². The minimum atomic E-state index is -2.08. The van der Waals surface area contributed by atoms with Crippen molar-refractivity contribution in [1.82, 2.24) is 5.32 Å². The number of aliphatic hydroxyl groups excluding tert-OH is 10. The van der Waals surface area contributed by atoms with Gasteiger partial charge in [0.2, 0.25) is 5.91 Å². The SMILES string of the molecule is C/C=C/C=C/C=C/C=C/C=C/C=C/C=C/C(C[C@@H]1O[C@](O)(C[C@@H](O)C[C@@H](O)[C@H](O)CC[C@@H](O)C[C@@H](O)CC(=O)O[C@@H](C)[C@H](C)CO)CCC1C(=O)NC(CO)CO)OC1OC(C)C(O)C(N)C1O. The smallest absolute Gasteiger partial charge is 0.308 e. The maximum atomic E-state index is 13.6. The van der Waals surface area contributed by atoms with Gasteiger partial charge < -0.3 is 86.2 Å². The quantitative estimate of drug-likeness (QED) is 0.0336. The van der Waals surface area contributed by atoms with Crippen LogP contribution in [0.2, 0.25) is 0 Å². The first-order chi connectivity index (χ1) is 32.3. The van der Waals surface area contributed by atoms with E-state index < -0.39 is 142 Å². The Labute approximate surface area is 400 Å². The fraction of sp³-hybridized carbons (Fsp3) is 0.673. The molecule has 0 bridgehead atoms. The highest BCUT2D eigenvalue weighted by Crippen LogP contribution is 2.38. The summed E-state index contributed by atoms with van der Waals surface area (Å²) in [4.78, 5) is 25.8. The molecule has 0 aromatic rings. The number of nitrogens with two attached hydrogens (primary N) is 1. The van der Waals surface area contributed by atoms with Gasteiger partial charge in [0.25, 0.3) is 0 Å². The van der Waals surface area contributed by atoms with E-state index >= 15 is 0 Å². The van der Waals surface area contributed by atoms with Crippen molar-refractivity contribution in [1.29, 1.82) is 0 Å². The molecule has 16 atom stereocenters. The Morgan fingerprint density at radius 2 is 1.38 bits per heavy atom. The fourth-order valence-electron chi connectivity index (χ4n) is 7.48. The van der Waals surface area contributed by atoms with E-state index in [1.54, 1.807) is 51.2 Å². The van der Waals surface area contributed by atoms with Crippen LogP contribution in [0.3, 0.4) is 0 Å². The zero-order valence-electron chi connectivity index (χ0n) is 39.8. The number of amides is 1. The number of rotatable bonds is 30. The number of aliphatic hydroxyl groups is 11. The van der Waals surface area contributed by atoms with E-state index in [1.807, 2.05) is 61.6 Å². The van der Waals surface area contributed by atoms with Gasteiger partial charge in [0.05, 0.1) is 92.6 Å². The van der Waals surface area contributed by atoms with Crippen LogP contribution in [0.1, 0.15) is 85.5 Å². The van der Waals surface area contributed by atoms with Gasteiger partial charge in [0.1, 0.15) is 12.2 Å². The van der Waals surface area contributed by atoms with E-state index in [4.69, 9.17) is 24.7 Å². The summed E-state index contributed by atoms with van der Waals surface area (Å²) in [5.74, 6) is -4.69. The molecule has 68 heavy (non-hydrogen) atoms. The topological polar surface area (TPSA) is 332 Å². The predicted molar refractivity (Wildman–Crippen MR) is 252 cm³/mol. The summed E-state index contributed by atoms with van der Waals surface area (Å²) in [5, 5.41) is 118. The summed E-state index contributed by atoms with van der Waals surface area (Å²) in [6.45, 7) is 5.47. The van der Waals surface area contributed by atoms with Crippen LogP contribution in [0.15, 0.2) is 85.1 Å². The van der Waals surface area contributed by atoms with Gasteiger partial charge >= 0.3 is 5.97 Å². The zero-order valence-corrected chi connectivity index (χ0v) is 39.8. The van der Waals surface area contributed by atoms with Crippen LogP contribution < -0.4 is 11.1 Å². The molecule has 2 aliphatic heterocycles. The summed E-state index contributed by atoms with van der Waals surface area (Å²) >= 11 is 0. The van der Waals surface area contributed by atoms with Gasteiger partial charge in [0.15, 0.2) is 12.1 Å². The van der Waals surface area contributed by atoms with Crippen molar-refractivity contribution >= 4 is 11.9 Å². The van der Waals surface area contributed by atoms with Gasteiger partial charge in [0, 0.05) is 38.2 Å². The highest BCUT2D eigenvalue weighted by Gasteiger charge is 2.47. The molecule has 19 heteroatoms. The Bertz CT molecular complexity index is 1650. The average Bonchev–Trinajstić information content (AvgIpc) is 3.28. The van der Waals surface area contributed by atoms with E-state index in [1.165, 1.54) is 0 Å². The Morgan fingerprint density at radius 3 is 1.96 bits per heavy atom. The van der Waals surface area contributed by atoms with Crippen LogP contribution in [-0.2, 0) is 28.5 Å². The number of ether oxygens (including phenoxy) is 4. The molecule has 0 aliphatic carbocycles. The van der Waals surface area contributed by atoms with Crippen molar-refractivity contribution < 1.29 is 84.7 Å². The lowest BCUT2D eigenvalue weighted by molar-refractivity contribution is -0.295. The lowest BCUT2D eigenvalue weighted by atomic mass is 9.84. The number of allylic oxidation sites excluding steroid dienone is 13. The molecule has 7 unspecified atom stereocenters. The van der Waals surface area contributed by atoms with E-state index in [2.05, 4.69) is 5.32 Å². The highest BCUT2D eigenvalue weighted by molar-refractivity contribution is 5.79.